The SMILES string of the molecule is O=CNc1ccc(-c2nc(N3CCOCC3)nc3c2cnn3C2CCC(O)CC2)cc1. The number of aromatic nitrogens is 4. The molecule has 0 unspecified atom stereocenters. The molecule has 3 aromatic rings. The van der Waals surface area contributed by atoms with Crippen LogP contribution in [0.15, 0.2) is 30.5 Å². The Hall–Kier alpha value is -3.04. The topological polar surface area (TPSA) is 105 Å². The van der Waals surface area contributed by atoms with Crippen LogP contribution in [-0.4, -0.2) is 63.7 Å². The Kier molecular flexibility index (Phi) is 5.52. The molecule has 1 aliphatic carbocycles. The molecule has 0 radical (unpaired) electrons. The second-order valence-corrected chi connectivity index (χ2v) is 8.10. The smallest absolute Gasteiger partial charge is 0.228 e. The van der Waals surface area contributed by atoms with Gasteiger partial charge in [0.15, 0.2) is 5.65 Å². The van der Waals surface area contributed by atoms with Crippen LogP contribution in [0.1, 0.15) is 31.7 Å². The van der Waals surface area contributed by atoms with Gasteiger partial charge >= 0.3 is 0 Å². The molecule has 2 N–H and O–H groups in total. The fraction of sp³-hybridized carbons (Fsp3) is 0.455. The molecule has 0 bridgehead atoms. The first kappa shape index (κ1) is 19.9. The van der Waals surface area contributed by atoms with Crippen LogP contribution in [0.2, 0.25) is 0 Å². The summed E-state index contributed by atoms with van der Waals surface area (Å²) >= 11 is 0. The zero-order chi connectivity index (χ0) is 21.2. The summed E-state index contributed by atoms with van der Waals surface area (Å²) in [7, 11) is 0. The van der Waals surface area contributed by atoms with Crippen LogP contribution in [0.5, 0.6) is 0 Å². The number of morpholine rings is 1. The maximum Gasteiger partial charge on any atom is 0.228 e. The van der Waals surface area contributed by atoms with Crippen LogP contribution < -0.4 is 10.2 Å². The number of ether oxygens (including phenoxy) is 1. The van der Waals surface area contributed by atoms with Crippen molar-refractivity contribution in [2.45, 2.75) is 37.8 Å². The minimum Gasteiger partial charge on any atom is -0.393 e. The van der Waals surface area contributed by atoms with Crippen molar-refractivity contribution in [3.8, 4) is 11.3 Å². The molecule has 5 rings (SSSR count). The maximum atomic E-state index is 10.7. The monoisotopic (exact) mass is 422 g/mol. The predicted molar refractivity (Wildman–Crippen MR) is 117 cm³/mol. The number of hydrogen-bond donors (Lipinski definition) is 2. The van der Waals surface area contributed by atoms with E-state index in [1.165, 1.54) is 0 Å². The van der Waals surface area contributed by atoms with Gasteiger partial charge in [0.05, 0.1) is 42.6 Å². The van der Waals surface area contributed by atoms with Crippen molar-refractivity contribution in [3.63, 3.8) is 0 Å². The van der Waals surface area contributed by atoms with Crippen LogP contribution in [0.4, 0.5) is 11.6 Å². The number of anilines is 2. The van der Waals surface area contributed by atoms with E-state index in [1.54, 1.807) is 0 Å². The Bertz CT molecular complexity index is 1050. The number of hydrogen-bond acceptors (Lipinski definition) is 7. The van der Waals surface area contributed by atoms with Crippen molar-refractivity contribution in [1.29, 1.82) is 0 Å². The molecule has 2 fully saturated rings. The van der Waals surface area contributed by atoms with Gasteiger partial charge in [0.2, 0.25) is 12.4 Å². The van der Waals surface area contributed by atoms with Crippen molar-refractivity contribution in [2.24, 2.45) is 0 Å². The van der Waals surface area contributed by atoms with E-state index in [4.69, 9.17) is 19.8 Å². The Labute approximate surface area is 180 Å². The number of nitrogens with zero attached hydrogens (tertiary/aromatic N) is 5. The third-order valence-corrected chi connectivity index (χ3v) is 6.13. The highest BCUT2D eigenvalue weighted by atomic mass is 16.5. The van der Waals surface area contributed by atoms with E-state index in [9.17, 15) is 9.90 Å². The van der Waals surface area contributed by atoms with E-state index in [0.29, 0.717) is 25.6 Å². The lowest BCUT2D eigenvalue weighted by Gasteiger charge is -2.28. The highest BCUT2D eigenvalue weighted by Gasteiger charge is 2.25. The molecular weight excluding hydrogens is 396 g/mol. The van der Waals surface area contributed by atoms with Crippen molar-refractivity contribution in [1.82, 2.24) is 19.7 Å². The Balaban J connectivity index is 1.60. The first-order chi connectivity index (χ1) is 15.2. The molecule has 0 atom stereocenters. The van der Waals surface area contributed by atoms with Crippen LogP contribution in [0.25, 0.3) is 22.3 Å². The summed E-state index contributed by atoms with van der Waals surface area (Å²) in [5.74, 6) is 0.679. The van der Waals surface area contributed by atoms with Crippen LogP contribution in [0, 0.1) is 0 Å². The molecule has 162 valence electrons. The van der Waals surface area contributed by atoms with Gasteiger partial charge in [-0.05, 0) is 37.8 Å². The van der Waals surface area contributed by atoms with E-state index >= 15 is 0 Å². The Morgan fingerprint density at radius 2 is 1.81 bits per heavy atom. The van der Waals surface area contributed by atoms with Gasteiger partial charge in [0.1, 0.15) is 0 Å². The lowest BCUT2D eigenvalue weighted by atomic mass is 9.93. The predicted octanol–water partition coefficient (Wildman–Crippen LogP) is 2.37. The van der Waals surface area contributed by atoms with Gasteiger partial charge in [0.25, 0.3) is 0 Å². The number of carbonyl (C=O) groups is 1. The van der Waals surface area contributed by atoms with Gasteiger partial charge < -0.3 is 20.1 Å². The van der Waals surface area contributed by atoms with Gasteiger partial charge in [-0.3, -0.25) is 4.79 Å². The zero-order valence-electron chi connectivity index (χ0n) is 17.3. The van der Waals surface area contributed by atoms with Gasteiger partial charge in [-0.2, -0.15) is 10.1 Å². The fourth-order valence-corrected chi connectivity index (χ4v) is 4.40. The number of nitrogens with one attached hydrogen (secondary N) is 1. The quantitative estimate of drug-likeness (QED) is 0.608. The summed E-state index contributed by atoms with van der Waals surface area (Å²) < 4.78 is 7.51. The minimum atomic E-state index is -0.217. The van der Waals surface area contributed by atoms with Gasteiger partial charge in [0, 0.05) is 24.3 Å². The second-order valence-electron chi connectivity index (χ2n) is 8.10. The highest BCUT2D eigenvalue weighted by molar-refractivity contribution is 5.91. The first-order valence-electron chi connectivity index (χ1n) is 10.8. The number of amides is 1. The van der Waals surface area contributed by atoms with E-state index in [-0.39, 0.29) is 12.1 Å². The number of carbonyl (C=O) groups excluding carboxylic acids is 1. The molecule has 9 heteroatoms. The van der Waals surface area contributed by atoms with E-state index in [0.717, 1.165) is 66.8 Å². The molecule has 9 nitrogen and oxygen atoms in total. The molecule has 2 aliphatic rings. The lowest BCUT2D eigenvalue weighted by Crippen LogP contribution is -2.37. The number of benzene rings is 1. The third-order valence-electron chi connectivity index (χ3n) is 6.13. The molecule has 2 aromatic heterocycles. The van der Waals surface area contributed by atoms with E-state index in [2.05, 4.69) is 10.2 Å². The van der Waals surface area contributed by atoms with Gasteiger partial charge in [-0.15, -0.1) is 0 Å². The normalized spacial score (nSPS) is 21.9. The molecular formula is C22H26N6O3. The first-order valence-corrected chi connectivity index (χ1v) is 10.8. The number of aliphatic hydroxyl groups excluding tert-OH is 1. The van der Waals surface area contributed by atoms with Crippen molar-refractivity contribution in [2.75, 3.05) is 36.5 Å². The summed E-state index contributed by atoms with van der Waals surface area (Å²) in [5.41, 5.74) is 3.32. The van der Waals surface area contributed by atoms with Gasteiger partial charge in [-0.1, -0.05) is 12.1 Å². The number of fused-ring (bicyclic) bond motifs is 1. The molecule has 1 saturated heterocycles. The fourth-order valence-electron chi connectivity index (χ4n) is 4.40. The molecule has 1 saturated carbocycles. The summed E-state index contributed by atoms with van der Waals surface area (Å²) in [6, 6.07) is 7.84. The highest BCUT2D eigenvalue weighted by Crippen LogP contribution is 2.34. The minimum absolute atomic E-state index is 0.217. The Morgan fingerprint density at radius 1 is 1.06 bits per heavy atom. The van der Waals surface area contributed by atoms with E-state index in [1.807, 2.05) is 35.1 Å². The van der Waals surface area contributed by atoms with Crippen molar-refractivity contribution >= 4 is 29.1 Å². The van der Waals surface area contributed by atoms with Crippen molar-refractivity contribution in [3.05, 3.63) is 30.5 Å². The number of aliphatic hydroxyl groups is 1. The largest absolute Gasteiger partial charge is 0.393 e. The summed E-state index contributed by atoms with van der Waals surface area (Å²) in [6.45, 7) is 2.80. The van der Waals surface area contributed by atoms with Crippen molar-refractivity contribution < 1.29 is 14.6 Å². The average Bonchev–Trinajstić information content (AvgIpc) is 3.24. The summed E-state index contributed by atoms with van der Waals surface area (Å²) in [4.78, 5) is 22.7. The summed E-state index contributed by atoms with van der Waals surface area (Å²) in [5, 5.41) is 18.2. The zero-order valence-corrected chi connectivity index (χ0v) is 17.3. The maximum absolute atomic E-state index is 10.7. The van der Waals surface area contributed by atoms with Crippen LogP contribution in [0.3, 0.4) is 0 Å². The third kappa shape index (κ3) is 3.98. The molecule has 0 spiro atoms. The standard InChI is InChI=1S/C22H26N6O3/c29-14-23-16-3-1-15(2-4-16)20-19-13-24-28(17-5-7-18(30)8-6-17)21(19)26-22(25-20)27-9-11-31-12-10-27/h1-4,13-14,17-18,30H,5-12H2,(H,23,29). The van der Waals surface area contributed by atoms with Crippen LogP contribution in [-0.2, 0) is 9.53 Å². The Morgan fingerprint density at radius 3 is 2.52 bits per heavy atom. The molecule has 1 aliphatic heterocycles. The second kappa shape index (κ2) is 8.60. The molecule has 3 heterocycles. The van der Waals surface area contributed by atoms with Gasteiger partial charge in [-0.25, -0.2) is 9.67 Å². The summed E-state index contributed by atoms with van der Waals surface area (Å²) in [6.07, 6.45) is 5.63. The van der Waals surface area contributed by atoms with Crippen LogP contribution >= 0.6 is 0 Å². The molecule has 31 heavy (non-hydrogen) atoms. The lowest BCUT2D eigenvalue weighted by molar-refractivity contribution is -0.105. The molecule has 1 aromatic carbocycles. The van der Waals surface area contributed by atoms with E-state index < -0.39 is 0 Å². The molecule has 1 amide bonds. The number of rotatable bonds is 5. The average molecular weight is 422 g/mol.